The van der Waals surface area contributed by atoms with E-state index in [1.807, 2.05) is 0 Å². The molecular formula is C21H19FN2O5S. The van der Waals surface area contributed by atoms with Crippen LogP contribution in [0.4, 0.5) is 15.8 Å². The third-order valence-electron chi connectivity index (χ3n) is 4.29. The van der Waals surface area contributed by atoms with E-state index in [-0.39, 0.29) is 30.6 Å². The maximum absolute atomic E-state index is 12.9. The number of anilines is 2. The lowest BCUT2D eigenvalue weighted by atomic mass is 10.2. The third kappa shape index (κ3) is 5.04. The molecule has 2 aromatic rings. The second-order valence-corrected chi connectivity index (χ2v) is 7.58. The van der Waals surface area contributed by atoms with Gasteiger partial charge in [0.2, 0.25) is 17.7 Å². The van der Waals surface area contributed by atoms with Gasteiger partial charge in [0, 0.05) is 12.1 Å². The normalized spacial score (nSPS) is 15.9. The van der Waals surface area contributed by atoms with Crippen LogP contribution in [-0.2, 0) is 19.1 Å². The van der Waals surface area contributed by atoms with Crippen LogP contribution in [0.2, 0.25) is 0 Å². The number of rotatable bonds is 7. The SMILES string of the molecule is CCOC(=O)c1ccc(N2C(=O)C[C@H](SCC(=O)Nc3ccc(F)cc3)C2=O)cc1. The first-order valence-corrected chi connectivity index (χ1v) is 10.2. The van der Waals surface area contributed by atoms with Crippen molar-refractivity contribution in [3.05, 3.63) is 59.9 Å². The second-order valence-electron chi connectivity index (χ2n) is 6.39. The number of nitrogens with one attached hydrogen (secondary N) is 1. The summed E-state index contributed by atoms with van der Waals surface area (Å²) in [7, 11) is 0. The smallest absolute Gasteiger partial charge is 0.338 e. The molecule has 0 spiro atoms. The standard InChI is InChI=1S/C21H19FN2O5S/c1-2-29-21(28)13-3-9-16(10-4-13)24-19(26)11-17(20(24)27)30-12-18(25)23-15-7-5-14(22)6-8-15/h3-10,17H,2,11-12H2,1H3,(H,23,25)/t17-/m0/s1. The zero-order valence-corrected chi connectivity index (χ0v) is 16.9. The Balaban J connectivity index is 1.58. The van der Waals surface area contributed by atoms with Crippen molar-refractivity contribution in [1.29, 1.82) is 0 Å². The number of halogens is 1. The van der Waals surface area contributed by atoms with Crippen LogP contribution in [0.1, 0.15) is 23.7 Å². The van der Waals surface area contributed by atoms with Crippen molar-refractivity contribution >= 4 is 46.8 Å². The molecule has 1 N–H and O–H groups in total. The van der Waals surface area contributed by atoms with Gasteiger partial charge in [0.25, 0.3) is 0 Å². The summed E-state index contributed by atoms with van der Waals surface area (Å²) in [6.07, 6.45) is -0.0209. The Kier molecular flexibility index (Phi) is 6.83. The molecule has 0 aromatic heterocycles. The van der Waals surface area contributed by atoms with Gasteiger partial charge >= 0.3 is 5.97 Å². The molecule has 0 aliphatic carbocycles. The fourth-order valence-corrected chi connectivity index (χ4v) is 3.81. The summed E-state index contributed by atoms with van der Waals surface area (Å²) in [5.74, 6) is -2.07. The number of hydrogen-bond acceptors (Lipinski definition) is 6. The fourth-order valence-electron chi connectivity index (χ4n) is 2.87. The van der Waals surface area contributed by atoms with Crippen molar-refractivity contribution in [1.82, 2.24) is 0 Å². The van der Waals surface area contributed by atoms with E-state index in [9.17, 15) is 23.6 Å². The molecular weight excluding hydrogens is 411 g/mol. The van der Waals surface area contributed by atoms with Crippen LogP contribution in [0.25, 0.3) is 0 Å². The van der Waals surface area contributed by atoms with Gasteiger partial charge in [0.15, 0.2) is 0 Å². The summed E-state index contributed by atoms with van der Waals surface area (Å²) >= 11 is 1.07. The minimum atomic E-state index is -0.679. The molecule has 0 bridgehead atoms. The summed E-state index contributed by atoms with van der Waals surface area (Å²) in [6, 6.07) is 11.3. The molecule has 1 aliphatic heterocycles. The molecule has 1 aliphatic rings. The Hall–Kier alpha value is -3.20. The van der Waals surface area contributed by atoms with E-state index in [4.69, 9.17) is 4.74 Å². The van der Waals surface area contributed by atoms with E-state index in [1.54, 1.807) is 6.92 Å². The molecule has 3 rings (SSSR count). The van der Waals surface area contributed by atoms with Crippen LogP contribution < -0.4 is 10.2 Å². The van der Waals surface area contributed by atoms with E-state index in [1.165, 1.54) is 48.5 Å². The van der Waals surface area contributed by atoms with Crippen molar-refractivity contribution in [2.45, 2.75) is 18.6 Å². The number of thioether (sulfide) groups is 1. The topological polar surface area (TPSA) is 92.8 Å². The quantitative estimate of drug-likeness (QED) is 0.536. The molecule has 3 amide bonds. The number of ether oxygens (including phenoxy) is 1. The molecule has 30 heavy (non-hydrogen) atoms. The predicted octanol–water partition coefficient (Wildman–Crippen LogP) is 3.01. The number of nitrogens with zero attached hydrogens (tertiary/aromatic N) is 1. The number of benzene rings is 2. The first-order valence-electron chi connectivity index (χ1n) is 9.20. The summed E-state index contributed by atoms with van der Waals surface area (Å²) in [5, 5.41) is 1.93. The zero-order valence-electron chi connectivity index (χ0n) is 16.1. The van der Waals surface area contributed by atoms with Gasteiger partial charge in [-0.05, 0) is 55.5 Å². The van der Waals surface area contributed by atoms with E-state index in [0.717, 1.165) is 16.7 Å². The molecule has 1 heterocycles. The highest BCUT2D eigenvalue weighted by molar-refractivity contribution is 8.01. The zero-order chi connectivity index (χ0) is 21.7. The fraction of sp³-hybridized carbons (Fsp3) is 0.238. The Morgan fingerprint density at radius 1 is 1.13 bits per heavy atom. The number of amides is 3. The Morgan fingerprint density at radius 3 is 2.43 bits per heavy atom. The van der Waals surface area contributed by atoms with Gasteiger partial charge in [0.05, 0.1) is 28.9 Å². The average molecular weight is 430 g/mol. The van der Waals surface area contributed by atoms with Crippen molar-refractivity contribution in [3.8, 4) is 0 Å². The van der Waals surface area contributed by atoms with E-state index in [2.05, 4.69) is 5.32 Å². The molecule has 2 aromatic carbocycles. The molecule has 9 heteroatoms. The molecule has 1 saturated heterocycles. The monoisotopic (exact) mass is 430 g/mol. The number of hydrogen-bond donors (Lipinski definition) is 1. The molecule has 1 atom stereocenters. The highest BCUT2D eigenvalue weighted by atomic mass is 32.2. The molecule has 1 fully saturated rings. The number of esters is 1. The molecule has 0 saturated carbocycles. The van der Waals surface area contributed by atoms with E-state index < -0.39 is 22.9 Å². The average Bonchev–Trinajstić information content (AvgIpc) is 3.01. The van der Waals surface area contributed by atoms with Crippen LogP contribution in [0.3, 0.4) is 0 Å². The number of carbonyl (C=O) groups excluding carboxylic acids is 4. The summed E-state index contributed by atoms with van der Waals surface area (Å²) < 4.78 is 17.8. The Bertz CT molecular complexity index is 962. The largest absolute Gasteiger partial charge is 0.462 e. The number of carbonyl (C=O) groups is 4. The highest BCUT2D eigenvalue weighted by Gasteiger charge is 2.40. The van der Waals surface area contributed by atoms with Crippen LogP contribution in [-0.4, -0.2) is 41.3 Å². The van der Waals surface area contributed by atoms with E-state index in [0.29, 0.717) is 16.9 Å². The Morgan fingerprint density at radius 2 is 1.80 bits per heavy atom. The maximum atomic E-state index is 12.9. The minimum Gasteiger partial charge on any atom is -0.462 e. The molecule has 0 unspecified atom stereocenters. The van der Waals surface area contributed by atoms with Crippen molar-refractivity contribution in [2.75, 3.05) is 22.6 Å². The molecule has 0 radical (unpaired) electrons. The summed E-state index contributed by atoms with van der Waals surface area (Å²) in [4.78, 5) is 49.9. The first kappa shape index (κ1) is 21.5. The van der Waals surface area contributed by atoms with Gasteiger partial charge in [-0.2, -0.15) is 0 Å². The third-order valence-corrected chi connectivity index (χ3v) is 5.48. The number of imide groups is 1. The predicted molar refractivity (Wildman–Crippen MR) is 111 cm³/mol. The first-order chi connectivity index (χ1) is 14.4. The van der Waals surface area contributed by atoms with Crippen LogP contribution in [0.5, 0.6) is 0 Å². The van der Waals surface area contributed by atoms with Crippen molar-refractivity contribution < 1.29 is 28.3 Å². The minimum absolute atomic E-state index is 0.0209. The van der Waals surface area contributed by atoms with Crippen molar-refractivity contribution in [2.24, 2.45) is 0 Å². The lowest BCUT2D eigenvalue weighted by Gasteiger charge is -2.15. The van der Waals surface area contributed by atoms with Gasteiger partial charge in [0.1, 0.15) is 5.82 Å². The van der Waals surface area contributed by atoms with Gasteiger partial charge < -0.3 is 10.1 Å². The van der Waals surface area contributed by atoms with Gasteiger partial charge in [-0.15, -0.1) is 11.8 Å². The summed E-state index contributed by atoms with van der Waals surface area (Å²) in [5.41, 5.74) is 1.12. The van der Waals surface area contributed by atoms with Crippen molar-refractivity contribution in [3.63, 3.8) is 0 Å². The lowest BCUT2D eigenvalue weighted by molar-refractivity contribution is -0.121. The van der Waals surface area contributed by atoms with Gasteiger partial charge in [-0.3, -0.25) is 14.4 Å². The van der Waals surface area contributed by atoms with Crippen LogP contribution >= 0.6 is 11.8 Å². The lowest BCUT2D eigenvalue weighted by Crippen LogP contribution is -2.31. The Labute approximate surface area is 176 Å². The summed E-state index contributed by atoms with van der Waals surface area (Å²) in [6.45, 7) is 1.95. The second kappa shape index (κ2) is 9.53. The highest BCUT2D eigenvalue weighted by Crippen LogP contribution is 2.30. The molecule has 7 nitrogen and oxygen atoms in total. The van der Waals surface area contributed by atoms with Gasteiger partial charge in [-0.25, -0.2) is 14.1 Å². The van der Waals surface area contributed by atoms with E-state index >= 15 is 0 Å². The van der Waals surface area contributed by atoms with Crippen LogP contribution in [0.15, 0.2) is 48.5 Å². The molecule has 156 valence electrons. The van der Waals surface area contributed by atoms with Gasteiger partial charge in [-0.1, -0.05) is 0 Å². The van der Waals surface area contributed by atoms with Crippen LogP contribution in [0, 0.1) is 5.82 Å². The maximum Gasteiger partial charge on any atom is 0.338 e.